The van der Waals surface area contributed by atoms with Crippen LogP contribution < -0.4 is 0 Å². The molecule has 1 heterocycles. The number of allylic oxidation sites excluding steroid dienone is 1. The molecule has 0 N–H and O–H groups in total. The third-order valence-electron chi connectivity index (χ3n) is 2.89. The minimum absolute atomic E-state index is 0.430. The highest BCUT2D eigenvalue weighted by molar-refractivity contribution is 5.80. The molecule has 2 nitrogen and oxygen atoms in total. The molecule has 1 aliphatic carbocycles. The van der Waals surface area contributed by atoms with Crippen molar-refractivity contribution >= 4 is 5.78 Å². The molecule has 2 heteroatoms. The lowest BCUT2D eigenvalue weighted by molar-refractivity contribution is -0.119. The van der Waals surface area contributed by atoms with Gasteiger partial charge in [0.25, 0.3) is 0 Å². The van der Waals surface area contributed by atoms with E-state index in [4.69, 9.17) is 4.74 Å². The number of ether oxygens (including phenoxy) is 1. The molecule has 13 heavy (non-hydrogen) atoms. The Balaban J connectivity index is 1.88. The highest BCUT2D eigenvalue weighted by Gasteiger charge is 2.17. The molecule has 1 atom stereocenters. The number of hydrogen-bond acceptors (Lipinski definition) is 2. The van der Waals surface area contributed by atoms with E-state index in [1.54, 1.807) is 0 Å². The summed E-state index contributed by atoms with van der Waals surface area (Å²) in [5.41, 5.74) is 1.48. The Morgan fingerprint density at radius 1 is 1.23 bits per heavy atom. The summed E-state index contributed by atoms with van der Waals surface area (Å²) in [6, 6.07) is 0. The number of carbonyl (C=O) groups excluding carboxylic acids is 1. The highest BCUT2D eigenvalue weighted by atomic mass is 16.5. The van der Waals surface area contributed by atoms with E-state index in [1.165, 1.54) is 5.57 Å². The van der Waals surface area contributed by atoms with E-state index in [1.807, 2.05) is 0 Å². The van der Waals surface area contributed by atoms with Crippen LogP contribution in [0.4, 0.5) is 0 Å². The summed E-state index contributed by atoms with van der Waals surface area (Å²) in [7, 11) is 0. The largest absolute Gasteiger partial charge is 0.381 e. The Kier molecular flexibility index (Phi) is 2.79. The molecule has 1 saturated heterocycles. The third-order valence-corrected chi connectivity index (χ3v) is 2.89. The van der Waals surface area contributed by atoms with Gasteiger partial charge in [0.2, 0.25) is 0 Å². The zero-order chi connectivity index (χ0) is 9.10. The van der Waals surface area contributed by atoms with Gasteiger partial charge in [0, 0.05) is 25.4 Å². The highest BCUT2D eigenvalue weighted by Crippen LogP contribution is 2.24. The van der Waals surface area contributed by atoms with E-state index < -0.39 is 0 Å². The van der Waals surface area contributed by atoms with Crippen molar-refractivity contribution in [2.45, 2.75) is 32.1 Å². The molecule has 72 valence electrons. The van der Waals surface area contributed by atoms with Crippen LogP contribution >= 0.6 is 0 Å². The molecule has 1 unspecified atom stereocenters. The van der Waals surface area contributed by atoms with Crippen molar-refractivity contribution in [1.82, 2.24) is 0 Å². The zero-order valence-electron chi connectivity index (χ0n) is 7.92. The van der Waals surface area contributed by atoms with Crippen molar-refractivity contribution in [3.8, 4) is 0 Å². The summed E-state index contributed by atoms with van der Waals surface area (Å²) in [6.07, 6.45) is 7.03. The number of hydrogen-bond donors (Lipinski definition) is 0. The van der Waals surface area contributed by atoms with Gasteiger partial charge in [0.1, 0.15) is 5.78 Å². The van der Waals surface area contributed by atoms with Crippen LogP contribution in [-0.4, -0.2) is 19.0 Å². The molecule has 0 aromatic carbocycles. The van der Waals surface area contributed by atoms with Crippen molar-refractivity contribution < 1.29 is 9.53 Å². The standard InChI is InChI=1S/C11H16O2/c12-11-3-1-9(2-4-11)7-10-5-6-13-8-10/h7,10H,1-6,8H2. The van der Waals surface area contributed by atoms with Gasteiger partial charge < -0.3 is 4.74 Å². The SMILES string of the molecule is O=C1CCC(=CC2CCOC2)CC1. The van der Waals surface area contributed by atoms with Crippen LogP contribution in [0, 0.1) is 5.92 Å². The van der Waals surface area contributed by atoms with Crippen molar-refractivity contribution in [3.63, 3.8) is 0 Å². The minimum atomic E-state index is 0.430. The maximum atomic E-state index is 11.0. The molecule has 1 aliphatic heterocycles. The molecule has 0 aromatic rings. The maximum absolute atomic E-state index is 11.0. The van der Waals surface area contributed by atoms with Crippen molar-refractivity contribution in [2.24, 2.45) is 5.92 Å². The number of ketones is 1. The van der Waals surface area contributed by atoms with Crippen LogP contribution in [0.15, 0.2) is 11.6 Å². The maximum Gasteiger partial charge on any atom is 0.133 e. The average molecular weight is 180 g/mol. The van der Waals surface area contributed by atoms with E-state index in [-0.39, 0.29) is 0 Å². The van der Waals surface area contributed by atoms with Crippen molar-refractivity contribution in [3.05, 3.63) is 11.6 Å². The first-order chi connectivity index (χ1) is 6.34. The van der Waals surface area contributed by atoms with Gasteiger partial charge in [-0.2, -0.15) is 0 Å². The molecular formula is C11H16O2. The first kappa shape index (κ1) is 8.95. The number of rotatable bonds is 1. The quantitative estimate of drug-likeness (QED) is 0.577. The molecule has 0 amide bonds. The fourth-order valence-corrected chi connectivity index (χ4v) is 2.03. The van der Waals surface area contributed by atoms with E-state index in [2.05, 4.69) is 6.08 Å². The summed E-state index contributed by atoms with van der Waals surface area (Å²) in [4.78, 5) is 11.0. The van der Waals surface area contributed by atoms with Gasteiger partial charge in [-0.25, -0.2) is 0 Å². The van der Waals surface area contributed by atoms with Crippen LogP contribution in [0.3, 0.4) is 0 Å². The van der Waals surface area contributed by atoms with Gasteiger partial charge in [-0.15, -0.1) is 0 Å². The second-order valence-corrected chi connectivity index (χ2v) is 3.99. The van der Waals surface area contributed by atoms with E-state index >= 15 is 0 Å². The topological polar surface area (TPSA) is 26.3 Å². The molecule has 2 aliphatic rings. The molecule has 0 radical (unpaired) electrons. The fourth-order valence-electron chi connectivity index (χ4n) is 2.03. The van der Waals surface area contributed by atoms with Crippen molar-refractivity contribution in [2.75, 3.05) is 13.2 Å². The smallest absolute Gasteiger partial charge is 0.133 e. The van der Waals surface area contributed by atoms with Crippen LogP contribution in [0.2, 0.25) is 0 Å². The van der Waals surface area contributed by atoms with Gasteiger partial charge >= 0.3 is 0 Å². The predicted octanol–water partition coefficient (Wildman–Crippen LogP) is 2.09. The van der Waals surface area contributed by atoms with Gasteiger partial charge in [-0.1, -0.05) is 11.6 Å². The fraction of sp³-hybridized carbons (Fsp3) is 0.727. The van der Waals surface area contributed by atoms with Crippen LogP contribution in [-0.2, 0) is 9.53 Å². The normalized spacial score (nSPS) is 29.4. The summed E-state index contributed by atoms with van der Waals surface area (Å²) in [5.74, 6) is 1.06. The third kappa shape index (κ3) is 2.41. The first-order valence-electron chi connectivity index (χ1n) is 5.13. The number of carbonyl (C=O) groups is 1. The van der Waals surface area contributed by atoms with Gasteiger partial charge in [0.15, 0.2) is 0 Å². The predicted molar refractivity (Wildman–Crippen MR) is 50.5 cm³/mol. The lowest BCUT2D eigenvalue weighted by Crippen LogP contribution is -2.07. The van der Waals surface area contributed by atoms with E-state index in [0.717, 1.165) is 45.3 Å². The zero-order valence-corrected chi connectivity index (χ0v) is 7.92. The second kappa shape index (κ2) is 4.05. The molecule has 0 aromatic heterocycles. The van der Waals surface area contributed by atoms with Gasteiger partial charge in [-0.05, 0) is 19.3 Å². The van der Waals surface area contributed by atoms with Crippen molar-refractivity contribution in [1.29, 1.82) is 0 Å². The monoisotopic (exact) mass is 180 g/mol. The lowest BCUT2D eigenvalue weighted by Gasteiger charge is -2.14. The Morgan fingerprint density at radius 3 is 2.62 bits per heavy atom. The Hall–Kier alpha value is -0.630. The van der Waals surface area contributed by atoms with E-state index in [9.17, 15) is 4.79 Å². The summed E-state index contributed by atoms with van der Waals surface area (Å²) >= 11 is 0. The molecule has 1 saturated carbocycles. The minimum Gasteiger partial charge on any atom is -0.381 e. The molecule has 0 spiro atoms. The summed E-state index contributed by atoms with van der Waals surface area (Å²) in [6.45, 7) is 1.80. The summed E-state index contributed by atoms with van der Waals surface area (Å²) in [5, 5.41) is 0. The Labute approximate surface area is 79.0 Å². The molecule has 2 rings (SSSR count). The van der Waals surface area contributed by atoms with Crippen LogP contribution in [0.5, 0.6) is 0 Å². The van der Waals surface area contributed by atoms with Gasteiger partial charge in [-0.3, -0.25) is 4.79 Å². The first-order valence-corrected chi connectivity index (χ1v) is 5.13. The van der Waals surface area contributed by atoms with Gasteiger partial charge in [0.05, 0.1) is 6.61 Å². The molecule has 0 bridgehead atoms. The average Bonchev–Trinajstić information content (AvgIpc) is 2.62. The molecule has 2 fully saturated rings. The summed E-state index contributed by atoms with van der Waals surface area (Å²) < 4.78 is 5.31. The Morgan fingerprint density at radius 2 is 2.00 bits per heavy atom. The lowest BCUT2D eigenvalue weighted by atomic mass is 9.91. The van der Waals surface area contributed by atoms with Crippen LogP contribution in [0.1, 0.15) is 32.1 Å². The van der Waals surface area contributed by atoms with E-state index in [0.29, 0.717) is 11.7 Å². The second-order valence-electron chi connectivity index (χ2n) is 3.99. The van der Waals surface area contributed by atoms with Crippen LogP contribution in [0.25, 0.3) is 0 Å². The molecular weight excluding hydrogens is 164 g/mol. The Bertz CT molecular complexity index is 212. The number of Topliss-reactive ketones (excluding diaryl/α,β-unsaturated/α-hetero) is 1.